The van der Waals surface area contributed by atoms with Gasteiger partial charge in [0.05, 0.1) is 12.1 Å². The van der Waals surface area contributed by atoms with Gasteiger partial charge < -0.3 is 14.5 Å². The molecule has 8 heteroatoms. The zero-order valence-corrected chi connectivity index (χ0v) is 15.4. The Morgan fingerprint density at radius 3 is 2.70 bits per heavy atom. The SMILES string of the molecule is Cc1ccc(-c2nc(CC(=O)NCCc3ccc(OC(F)F)cc3)cs2)o1. The van der Waals surface area contributed by atoms with Gasteiger partial charge in [0.15, 0.2) is 10.8 Å². The van der Waals surface area contributed by atoms with Crippen molar-refractivity contribution >= 4 is 17.2 Å². The Morgan fingerprint density at radius 1 is 1.26 bits per heavy atom. The number of hydrogen-bond acceptors (Lipinski definition) is 5. The van der Waals surface area contributed by atoms with E-state index in [2.05, 4.69) is 15.0 Å². The number of alkyl halides is 2. The van der Waals surface area contributed by atoms with Gasteiger partial charge in [-0.25, -0.2) is 4.98 Å². The maximum Gasteiger partial charge on any atom is 0.387 e. The summed E-state index contributed by atoms with van der Waals surface area (Å²) in [5, 5.41) is 5.42. The normalized spacial score (nSPS) is 11.0. The van der Waals surface area contributed by atoms with Crippen LogP contribution in [0.5, 0.6) is 5.75 Å². The zero-order chi connectivity index (χ0) is 19.2. The van der Waals surface area contributed by atoms with Gasteiger partial charge in [-0.3, -0.25) is 4.79 Å². The van der Waals surface area contributed by atoms with E-state index < -0.39 is 6.61 Å². The van der Waals surface area contributed by atoms with E-state index in [1.807, 2.05) is 24.4 Å². The van der Waals surface area contributed by atoms with E-state index in [1.54, 1.807) is 12.1 Å². The summed E-state index contributed by atoms with van der Waals surface area (Å²) in [6.45, 7) is -0.522. The average molecular weight is 392 g/mol. The second-order valence-electron chi connectivity index (χ2n) is 5.85. The van der Waals surface area contributed by atoms with Crippen LogP contribution in [-0.2, 0) is 17.6 Å². The first-order chi connectivity index (χ1) is 13.0. The molecule has 2 heterocycles. The van der Waals surface area contributed by atoms with E-state index in [9.17, 15) is 13.6 Å². The van der Waals surface area contributed by atoms with Crippen molar-refractivity contribution in [2.75, 3.05) is 6.54 Å². The van der Waals surface area contributed by atoms with Gasteiger partial charge in [-0.15, -0.1) is 11.3 Å². The molecule has 0 aliphatic carbocycles. The number of nitrogens with one attached hydrogen (secondary N) is 1. The number of rotatable bonds is 8. The maximum atomic E-state index is 12.1. The van der Waals surface area contributed by atoms with Crippen molar-refractivity contribution in [1.82, 2.24) is 10.3 Å². The molecule has 142 valence electrons. The highest BCUT2D eigenvalue weighted by Crippen LogP contribution is 2.25. The summed E-state index contributed by atoms with van der Waals surface area (Å²) < 4.78 is 34.0. The number of thiazole rings is 1. The standard InChI is InChI=1S/C19H18F2N2O3S/c1-12-2-7-16(25-12)18-23-14(11-27-18)10-17(24)22-9-8-13-3-5-15(6-4-13)26-19(20)21/h2-7,11,19H,8-10H2,1H3,(H,22,24). The van der Waals surface area contributed by atoms with Gasteiger partial charge in [-0.05, 0) is 43.2 Å². The molecule has 0 atom stereocenters. The molecule has 1 aromatic carbocycles. The van der Waals surface area contributed by atoms with Crippen LogP contribution in [0.2, 0.25) is 0 Å². The highest BCUT2D eigenvalue weighted by Gasteiger charge is 2.11. The Bertz CT molecular complexity index is 891. The fourth-order valence-electron chi connectivity index (χ4n) is 2.46. The molecule has 0 aliphatic heterocycles. The van der Waals surface area contributed by atoms with Crippen LogP contribution in [0.15, 0.2) is 46.2 Å². The summed E-state index contributed by atoms with van der Waals surface area (Å²) >= 11 is 1.43. The molecule has 0 saturated heterocycles. The predicted octanol–water partition coefficient (Wildman–Crippen LogP) is 4.21. The van der Waals surface area contributed by atoms with Crippen molar-refractivity contribution < 1.29 is 22.7 Å². The van der Waals surface area contributed by atoms with Crippen LogP contribution in [0, 0.1) is 6.92 Å². The van der Waals surface area contributed by atoms with Crippen molar-refractivity contribution in [2.24, 2.45) is 0 Å². The lowest BCUT2D eigenvalue weighted by Gasteiger charge is -2.07. The third-order valence-electron chi connectivity index (χ3n) is 3.73. The molecule has 0 fully saturated rings. The molecule has 27 heavy (non-hydrogen) atoms. The Kier molecular flexibility index (Phi) is 6.18. The van der Waals surface area contributed by atoms with E-state index in [4.69, 9.17) is 4.42 Å². The van der Waals surface area contributed by atoms with Crippen LogP contribution in [-0.4, -0.2) is 24.0 Å². The highest BCUT2D eigenvalue weighted by molar-refractivity contribution is 7.13. The minimum atomic E-state index is -2.84. The molecule has 0 bridgehead atoms. The van der Waals surface area contributed by atoms with Crippen LogP contribution in [0.3, 0.4) is 0 Å². The summed E-state index contributed by atoms with van der Waals surface area (Å²) in [6.07, 6.45) is 0.784. The number of benzene rings is 1. The van der Waals surface area contributed by atoms with Crippen LogP contribution in [0.25, 0.3) is 10.8 Å². The Hall–Kier alpha value is -2.74. The summed E-state index contributed by atoms with van der Waals surface area (Å²) in [6, 6.07) is 10.1. The van der Waals surface area contributed by atoms with Gasteiger partial charge >= 0.3 is 6.61 Å². The van der Waals surface area contributed by atoms with Crippen molar-refractivity contribution in [1.29, 1.82) is 0 Å². The minimum absolute atomic E-state index is 0.115. The van der Waals surface area contributed by atoms with Crippen molar-refractivity contribution in [2.45, 2.75) is 26.4 Å². The molecule has 0 aliphatic rings. The number of ether oxygens (including phenoxy) is 1. The van der Waals surface area contributed by atoms with Crippen molar-refractivity contribution in [3.63, 3.8) is 0 Å². The first-order valence-electron chi connectivity index (χ1n) is 8.31. The smallest absolute Gasteiger partial charge is 0.387 e. The molecule has 2 aromatic heterocycles. The summed E-state index contributed by atoms with van der Waals surface area (Å²) in [7, 11) is 0. The zero-order valence-electron chi connectivity index (χ0n) is 14.6. The minimum Gasteiger partial charge on any atom is -0.459 e. The molecule has 0 unspecified atom stereocenters. The van der Waals surface area contributed by atoms with Gasteiger partial charge in [-0.1, -0.05) is 12.1 Å². The van der Waals surface area contributed by atoms with E-state index in [0.29, 0.717) is 24.4 Å². The predicted molar refractivity (Wildman–Crippen MR) is 98.0 cm³/mol. The van der Waals surface area contributed by atoms with E-state index in [-0.39, 0.29) is 18.1 Å². The van der Waals surface area contributed by atoms with Crippen LogP contribution < -0.4 is 10.1 Å². The first kappa shape index (κ1) is 19.0. The van der Waals surface area contributed by atoms with E-state index in [0.717, 1.165) is 16.3 Å². The fourth-order valence-corrected chi connectivity index (χ4v) is 3.24. The van der Waals surface area contributed by atoms with Crippen molar-refractivity contribution in [3.05, 3.63) is 58.8 Å². The second kappa shape index (κ2) is 8.77. The topological polar surface area (TPSA) is 64.4 Å². The summed E-state index contributed by atoms with van der Waals surface area (Å²) in [4.78, 5) is 16.5. The van der Waals surface area contributed by atoms with E-state index in [1.165, 1.54) is 23.5 Å². The van der Waals surface area contributed by atoms with Gasteiger partial charge in [0.25, 0.3) is 0 Å². The molecule has 0 radical (unpaired) electrons. The maximum absolute atomic E-state index is 12.1. The van der Waals surface area contributed by atoms with Gasteiger partial charge in [0.2, 0.25) is 5.91 Å². The van der Waals surface area contributed by atoms with Crippen LogP contribution in [0.1, 0.15) is 17.0 Å². The number of aromatic nitrogens is 1. The molecular formula is C19H18F2N2O3S. The molecule has 1 amide bonds. The number of carbonyl (C=O) groups is 1. The molecule has 3 aromatic rings. The average Bonchev–Trinajstić information content (AvgIpc) is 3.25. The number of aryl methyl sites for hydroxylation is 1. The third kappa shape index (κ3) is 5.62. The molecule has 0 saturated carbocycles. The molecule has 1 N–H and O–H groups in total. The van der Waals surface area contributed by atoms with Crippen molar-refractivity contribution in [3.8, 4) is 16.5 Å². The molecule has 3 rings (SSSR count). The fraction of sp³-hybridized carbons (Fsp3) is 0.263. The second-order valence-corrected chi connectivity index (χ2v) is 6.71. The number of nitrogens with zero attached hydrogens (tertiary/aromatic N) is 1. The summed E-state index contributed by atoms with van der Waals surface area (Å²) in [5.41, 5.74) is 1.61. The lowest BCUT2D eigenvalue weighted by Crippen LogP contribution is -2.27. The van der Waals surface area contributed by atoms with Crippen LogP contribution in [0.4, 0.5) is 8.78 Å². The molecule has 0 spiro atoms. The number of hydrogen-bond donors (Lipinski definition) is 1. The summed E-state index contributed by atoms with van der Waals surface area (Å²) in [5.74, 6) is 1.50. The molecule has 5 nitrogen and oxygen atoms in total. The van der Waals surface area contributed by atoms with Crippen LogP contribution >= 0.6 is 11.3 Å². The quantitative estimate of drug-likeness (QED) is 0.624. The van der Waals surface area contributed by atoms with E-state index >= 15 is 0 Å². The van der Waals surface area contributed by atoms with Gasteiger partial charge in [-0.2, -0.15) is 8.78 Å². The Labute approximate surface area is 159 Å². The highest BCUT2D eigenvalue weighted by atomic mass is 32.1. The lowest BCUT2D eigenvalue weighted by molar-refractivity contribution is -0.120. The Balaban J connectivity index is 1.44. The molecular weight excluding hydrogens is 374 g/mol. The number of amides is 1. The number of furan rings is 1. The number of halogens is 2. The lowest BCUT2D eigenvalue weighted by atomic mass is 10.1. The third-order valence-corrected chi connectivity index (χ3v) is 4.63. The number of carbonyl (C=O) groups excluding carboxylic acids is 1. The largest absolute Gasteiger partial charge is 0.459 e. The first-order valence-corrected chi connectivity index (χ1v) is 9.19. The Morgan fingerprint density at radius 2 is 2.04 bits per heavy atom. The monoisotopic (exact) mass is 392 g/mol. The van der Waals surface area contributed by atoms with Gasteiger partial charge in [0.1, 0.15) is 11.5 Å². The van der Waals surface area contributed by atoms with Gasteiger partial charge in [0, 0.05) is 11.9 Å².